The molecule has 1 atom stereocenters. The number of rotatable bonds is 5. The molecule has 0 aliphatic carbocycles. The molecule has 5 heteroatoms. The quantitative estimate of drug-likeness (QED) is 0.875. The van der Waals surface area contributed by atoms with Gasteiger partial charge in [0, 0.05) is 23.3 Å². The largest absolute Gasteiger partial charge is 0.350 e. The van der Waals surface area contributed by atoms with E-state index >= 15 is 0 Å². The molecule has 1 amide bonds. The van der Waals surface area contributed by atoms with E-state index in [2.05, 4.69) is 21.2 Å². The van der Waals surface area contributed by atoms with Gasteiger partial charge in [0.05, 0.1) is 0 Å². The van der Waals surface area contributed by atoms with Crippen molar-refractivity contribution in [1.29, 1.82) is 0 Å². The third-order valence-electron chi connectivity index (χ3n) is 2.62. The van der Waals surface area contributed by atoms with Crippen molar-refractivity contribution in [3.63, 3.8) is 0 Å². The van der Waals surface area contributed by atoms with Crippen LogP contribution in [-0.2, 0) is 0 Å². The van der Waals surface area contributed by atoms with Crippen molar-refractivity contribution in [3.05, 3.63) is 22.4 Å². The molecule has 1 rings (SSSR count). The summed E-state index contributed by atoms with van der Waals surface area (Å²) in [6.07, 6.45) is 1.92. The summed E-state index contributed by atoms with van der Waals surface area (Å²) in [5, 5.41) is 2.90. The first-order valence-corrected chi connectivity index (χ1v) is 6.60. The lowest BCUT2D eigenvalue weighted by Gasteiger charge is -2.14. The van der Waals surface area contributed by atoms with E-state index in [4.69, 9.17) is 5.73 Å². The number of nitrogens with zero attached hydrogens (tertiary/aromatic N) is 1. The van der Waals surface area contributed by atoms with Gasteiger partial charge in [-0.2, -0.15) is 0 Å². The number of aromatic nitrogens is 1. The van der Waals surface area contributed by atoms with Crippen molar-refractivity contribution in [2.45, 2.75) is 26.8 Å². The van der Waals surface area contributed by atoms with Gasteiger partial charge in [0.25, 0.3) is 5.91 Å². The number of amides is 1. The maximum Gasteiger partial charge on any atom is 0.267 e. The first kappa shape index (κ1) is 14.3. The minimum absolute atomic E-state index is 0.0512. The molecule has 0 aromatic carbocycles. The van der Waals surface area contributed by atoms with Gasteiger partial charge >= 0.3 is 0 Å². The lowest BCUT2D eigenvalue weighted by molar-refractivity contribution is 0.0938. The summed E-state index contributed by atoms with van der Waals surface area (Å²) >= 11 is 3.39. The molecular weight excluding hydrogens is 282 g/mol. The van der Waals surface area contributed by atoms with Crippen molar-refractivity contribution in [2.75, 3.05) is 13.1 Å². The summed E-state index contributed by atoms with van der Waals surface area (Å²) in [4.78, 5) is 12.0. The summed E-state index contributed by atoms with van der Waals surface area (Å²) in [6.45, 7) is 7.29. The highest BCUT2D eigenvalue weighted by molar-refractivity contribution is 9.10. The van der Waals surface area contributed by atoms with E-state index in [-0.39, 0.29) is 11.9 Å². The summed E-state index contributed by atoms with van der Waals surface area (Å²) in [5.74, 6) is 0.245. The minimum atomic E-state index is -0.0512. The summed E-state index contributed by atoms with van der Waals surface area (Å²) in [7, 11) is 0. The maximum absolute atomic E-state index is 12.0. The van der Waals surface area contributed by atoms with Crippen LogP contribution in [0.1, 0.15) is 37.3 Å². The van der Waals surface area contributed by atoms with E-state index in [0.29, 0.717) is 24.7 Å². The first-order valence-electron chi connectivity index (χ1n) is 5.81. The fourth-order valence-corrected chi connectivity index (χ4v) is 1.93. The lowest BCUT2D eigenvalue weighted by Crippen LogP contribution is -2.32. The van der Waals surface area contributed by atoms with Crippen molar-refractivity contribution in [3.8, 4) is 0 Å². The molecule has 0 saturated carbocycles. The highest BCUT2D eigenvalue weighted by atomic mass is 79.9. The molecule has 1 aromatic heterocycles. The Morgan fingerprint density at radius 1 is 1.53 bits per heavy atom. The third kappa shape index (κ3) is 3.85. The molecule has 96 valence electrons. The number of nitrogens with two attached hydrogens (primary N) is 1. The van der Waals surface area contributed by atoms with Crippen molar-refractivity contribution in [1.82, 2.24) is 9.88 Å². The minimum Gasteiger partial charge on any atom is -0.350 e. The maximum atomic E-state index is 12.0. The molecule has 0 saturated heterocycles. The zero-order valence-electron chi connectivity index (χ0n) is 10.5. The van der Waals surface area contributed by atoms with E-state index in [1.807, 2.05) is 37.6 Å². The summed E-state index contributed by atoms with van der Waals surface area (Å²) < 4.78 is 2.87. The molecule has 0 bridgehead atoms. The molecule has 0 aliphatic rings. The van der Waals surface area contributed by atoms with Crippen LogP contribution in [0.2, 0.25) is 0 Å². The molecule has 4 nitrogen and oxygen atoms in total. The van der Waals surface area contributed by atoms with Crippen LogP contribution in [0.25, 0.3) is 0 Å². The number of halogens is 1. The fourth-order valence-electron chi connectivity index (χ4n) is 1.50. The van der Waals surface area contributed by atoms with Crippen LogP contribution >= 0.6 is 15.9 Å². The van der Waals surface area contributed by atoms with E-state index in [1.165, 1.54) is 0 Å². The third-order valence-corrected chi connectivity index (χ3v) is 3.05. The highest BCUT2D eigenvalue weighted by Gasteiger charge is 2.15. The Kier molecular flexibility index (Phi) is 5.21. The molecule has 0 radical (unpaired) electrons. The van der Waals surface area contributed by atoms with Crippen LogP contribution in [0.4, 0.5) is 0 Å². The van der Waals surface area contributed by atoms with Crippen LogP contribution in [0, 0.1) is 5.92 Å². The number of carbonyl (C=O) groups is 1. The Morgan fingerprint density at radius 3 is 2.71 bits per heavy atom. The molecule has 0 aliphatic heterocycles. The Labute approximate surface area is 111 Å². The Balaban J connectivity index is 2.74. The van der Waals surface area contributed by atoms with Crippen molar-refractivity contribution in [2.24, 2.45) is 11.7 Å². The lowest BCUT2D eigenvalue weighted by atomic mass is 10.2. The van der Waals surface area contributed by atoms with Gasteiger partial charge in [0.2, 0.25) is 0 Å². The van der Waals surface area contributed by atoms with Gasteiger partial charge in [-0.05, 0) is 48.3 Å². The average molecular weight is 302 g/mol. The smallest absolute Gasteiger partial charge is 0.267 e. The predicted molar refractivity (Wildman–Crippen MR) is 73.1 cm³/mol. The van der Waals surface area contributed by atoms with E-state index in [9.17, 15) is 4.79 Å². The molecule has 0 fully saturated rings. The van der Waals surface area contributed by atoms with Gasteiger partial charge in [0.15, 0.2) is 0 Å². The van der Waals surface area contributed by atoms with Crippen molar-refractivity contribution >= 4 is 21.8 Å². The zero-order chi connectivity index (χ0) is 13.0. The van der Waals surface area contributed by atoms with Gasteiger partial charge in [-0.3, -0.25) is 4.79 Å². The zero-order valence-corrected chi connectivity index (χ0v) is 12.1. The predicted octanol–water partition coefficient (Wildman–Crippen LogP) is 2.16. The van der Waals surface area contributed by atoms with Gasteiger partial charge < -0.3 is 15.6 Å². The molecule has 17 heavy (non-hydrogen) atoms. The Bertz CT molecular complexity index is 387. The van der Waals surface area contributed by atoms with E-state index < -0.39 is 0 Å². The van der Waals surface area contributed by atoms with Gasteiger partial charge in [-0.1, -0.05) is 6.92 Å². The number of nitrogens with one attached hydrogen (secondary N) is 1. The van der Waals surface area contributed by atoms with Gasteiger partial charge in [-0.15, -0.1) is 0 Å². The second-order valence-electron chi connectivity index (χ2n) is 4.60. The van der Waals surface area contributed by atoms with Gasteiger partial charge in [0.1, 0.15) is 5.69 Å². The van der Waals surface area contributed by atoms with E-state index in [0.717, 1.165) is 4.47 Å². The number of carbonyl (C=O) groups excluding carboxylic acids is 1. The van der Waals surface area contributed by atoms with Crippen LogP contribution in [0.15, 0.2) is 16.7 Å². The average Bonchev–Trinajstić information content (AvgIpc) is 2.67. The molecule has 3 N–H and O–H groups in total. The first-order chi connectivity index (χ1) is 7.95. The van der Waals surface area contributed by atoms with Crippen LogP contribution in [-0.4, -0.2) is 23.6 Å². The fraction of sp³-hybridized carbons (Fsp3) is 0.583. The molecular formula is C12H20BrN3O. The highest BCUT2D eigenvalue weighted by Crippen LogP contribution is 2.19. The molecule has 1 unspecified atom stereocenters. The van der Waals surface area contributed by atoms with Crippen LogP contribution < -0.4 is 11.1 Å². The Hall–Kier alpha value is -0.810. The van der Waals surface area contributed by atoms with Gasteiger partial charge in [-0.25, -0.2) is 0 Å². The summed E-state index contributed by atoms with van der Waals surface area (Å²) in [6, 6.07) is 2.09. The van der Waals surface area contributed by atoms with Crippen molar-refractivity contribution < 1.29 is 4.79 Å². The summed E-state index contributed by atoms with van der Waals surface area (Å²) in [5.41, 5.74) is 6.19. The SMILES string of the molecule is CC(CN)CNC(=O)c1cc(Br)cn1C(C)C. The van der Waals surface area contributed by atoms with Crippen LogP contribution in [0.5, 0.6) is 0 Å². The van der Waals surface area contributed by atoms with E-state index in [1.54, 1.807) is 0 Å². The Morgan fingerprint density at radius 2 is 2.18 bits per heavy atom. The normalized spacial score (nSPS) is 12.8. The number of hydrogen-bond acceptors (Lipinski definition) is 2. The molecule has 1 heterocycles. The number of hydrogen-bond donors (Lipinski definition) is 2. The monoisotopic (exact) mass is 301 g/mol. The topological polar surface area (TPSA) is 60.0 Å². The second-order valence-corrected chi connectivity index (χ2v) is 5.51. The molecule has 0 spiro atoms. The molecule has 1 aromatic rings. The second kappa shape index (κ2) is 6.21. The van der Waals surface area contributed by atoms with Crippen LogP contribution in [0.3, 0.4) is 0 Å². The standard InChI is InChI=1S/C12H20BrN3O/c1-8(2)16-7-10(13)4-11(16)12(17)15-6-9(3)5-14/h4,7-9H,5-6,14H2,1-3H3,(H,15,17).